The van der Waals surface area contributed by atoms with Gasteiger partial charge in [-0.2, -0.15) is 0 Å². The molecule has 1 heterocycles. The van der Waals surface area contributed by atoms with Crippen LogP contribution in [-0.4, -0.2) is 68.1 Å². The van der Waals surface area contributed by atoms with Crippen LogP contribution in [0.2, 0.25) is 0 Å². The Bertz CT molecular complexity index is 276. The van der Waals surface area contributed by atoms with Gasteiger partial charge in [-0.3, -0.25) is 9.69 Å². The normalized spacial score (nSPS) is 19.6. The van der Waals surface area contributed by atoms with Crippen LogP contribution in [0.15, 0.2) is 0 Å². The van der Waals surface area contributed by atoms with Gasteiger partial charge in [0.2, 0.25) is 5.91 Å². The smallest absolute Gasteiger partial charge is 0.234 e. The van der Waals surface area contributed by atoms with E-state index < -0.39 is 0 Å². The minimum atomic E-state index is 0.146. The average molecular weight is 284 g/mol. The van der Waals surface area contributed by atoms with Crippen molar-refractivity contribution in [2.24, 2.45) is 11.7 Å². The summed E-state index contributed by atoms with van der Waals surface area (Å²) in [5, 5.41) is 3.18. The van der Waals surface area contributed by atoms with E-state index in [1.807, 2.05) is 14.1 Å². The van der Waals surface area contributed by atoms with Crippen LogP contribution >= 0.6 is 0 Å². The predicted molar refractivity (Wildman–Crippen MR) is 83.6 cm³/mol. The van der Waals surface area contributed by atoms with Crippen molar-refractivity contribution in [3.63, 3.8) is 0 Å². The number of carbonyl (C=O) groups excluding carboxylic acids is 1. The molecule has 0 aromatic rings. The summed E-state index contributed by atoms with van der Waals surface area (Å²) in [7, 11) is 4.09. The zero-order valence-electron chi connectivity index (χ0n) is 13.6. The monoisotopic (exact) mass is 284 g/mol. The molecule has 0 aromatic heterocycles. The summed E-state index contributed by atoms with van der Waals surface area (Å²) in [4.78, 5) is 16.5. The minimum Gasteiger partial charge on any atom is -0.351 e. The fourth-order valence-electron chi connectivity index (χ4n) is 2.78. The van der Waals surface area contributed by atoms with Gasteiger partial charge < -0.3 is 16.0 Å². The van der Waals surface area contributed by atoms with Crippen LogP contribution in [0, 0.1) is 5.92 Å². The number of nitrogens with one attached hydrogen (secondary N) is 1. The number of amides is 1. The molecule has 0 radical (unpaired) electrons. The molecule has 0 saturated carbocycles. The maximum atomic E-state index is 12.2. The quantitative estimate of drug-likeness (QED) is 0.715. The lowest BCUT2D eigenvalue weighted by Gasteiger charge is -2.30. The van der Waals surface area contributed by atoms with Crippen LogP contribution < -0.4 is 11.1 Å². The Balaban J connectivity index is 2.36. The van der Waals surface area contributed by atoms with Gasteiger partial charge in [0.1, 0.15) is 0 Å². The van der Waals surface area contributed by atoms with Gasteiger partial charge in [0, 0.05) is 31.7 Å². The molecule has 118 valence electrons. The summed E-state index contributed by atoms with van der Waals surface area (Å²) < 4.78 is 0. The summed E-state index contributed by atoms with van der Waals surface area (Å²) in [5.41, 5.74) is 5.89. The van der Waals surface area contributed by atoms with Crippen molar-refractivity contribution in [2.75, 3.05) is 40.3 Å². The number of carbonyl (C=O) groups is 1. The molecule has 1 aliphatic heterocycles. The first-order valence-electron chi connectivity index (χ1n) is 7.78. The van der Waals surface area contributed by atoms with E-state index in [1.54, 1.807) is 0 Å². The summed E-state index contributed by atoms with van der Waals surface area (Å²) in [6.07, 6.45) is 3.02. The van der Waals surface area contributed by atoms with E-state index >= 15 is 0 Å². The van der Waals surface area contributed by atoms with E-state index in [9.17, 15) is 4.79 Å². The van der Waals surface area contributed by atoms with Gasteiger partial charge in [-0.05, 0) is 39.3 Å². The number of nitrogens with zero attached hydrogens (tertiary/aromatic N) is 2. The number of likely N-dealkylation sites (N-methyl/N-ethyl adjacent to an activating group) is 1. The van der Waals surface area contributed by atoms with Crippen molar-refractivity contribution in [1.29, 1.82) is 0 Å². The number of rotatable bonds is 7. The first kappa shape index (κ1) is 17.4. The van der Waals surface area contributed by atoms with Crippen molar-refractivity contribution in [3.05, 3.63) is 0 Å². The van der Waals surface area contributed by atoms with Crippen LogP contribution in [0.5, 0.6) is 0 Å². The number of piperidine rings is 1. The number of hydrogen-bond donors (Lipinski definition) is 2. The molecule has 0 aliphatic carbocycles. The standard InChI is InChI=1S/C15H32N4O/c1-12(2)9-14(10-18(3)4)17-15(20)11-19-7-5-13(16)6-8-19/h12-14H,5-11,16H2,1-4H3,(H,17,20). The zero-order chi connectivity index (χ0) is 15.1. The van der Waals surface area contributed by atoms with Crippen molar-refractivity contribution in [1.82, 2.24) is 15.1 Å². The van der Waals surface area contributed by atoms with E-state index in [4.69, 9.17) is 5.73 Å². The first-order chi connectivity index (χ1) is 9.36. The van der Waals surface area contributed by atoms with Crippen LogP contribution in [0.1, 0.15) is 33.1 Å². The van der Waals surface area contributed by atoms with E-state index in [-0.39, 0.29) is 11.9 Å². The Morgan fingerprint density at radius 3 is 2.45 bits per heavy atom. The highest BCUT2D eigenvalue weighted by Gasteiger charge is 2.20. The molecule has 1 amide bonds. The van der Waals surface area contributed by atoms with Crippen LogP contribution in [0.3, 0.4) is 0 Å². The Morgan fingerprint density at radius 2 is 1.95 bits per heavy atom. The topological polar surface area (TPSA) is 61.6 Å². The highest BCUT2D eigenvalue weighted by atomic mass is 16.2. The van der Waals surface area contributed by atoms with E-state index in [1.165, 1.54) is 0 Å². The number of likely N-dealkylation sites (tertiary alicyclic amines) is 1. The molecular formula is C15H32N4O. The minimum absolute atomic E-state index is 0.146. The number of hydrogen-bond acceptors (Lipinski definition) is 4. The highest BCUT2D eigenvalue weighted by molar-refractivity contribution is 5.78. The molecule has 0 bridgehead atoms. The highest BCUT2D eigenvalue weighted by Crippen LogP contribution is 2.08. The Labute approximate surface area is 123 Å². The molecule has 1 unspecified atom stereocenters. The van der Waals surface area contributed by atoms with E-state index in [0.717, 1.165) is 38.9 Å². The van der Waals surface area contributed by atoms with Gasteiger partial charge in [0.05, 0.1) is 6.54 Å². The molecule has 20 heavy (non-hydrogen) atoms. The molecule has 1 fully saturated rings. The first-order valence-corrected chi connectivity index (χ1v) is 7.78. The fraction of sp³-hybridized carbons (Fsp3) is 0.933. The maximum Gasteiger partial charge on any atom is 0.234 e. The lowest BCUT2D eigenvalue weighted by molar-refractivity contribution is -0.123. The third-order valence-electron chi connectivity index (χ3n) is 3.71. The molecular weight excluding hydrogens is 252 g/mol. The lowest BCUT2D eigenvalue weighted by atomic mass is 10.0. The van der Waals surface area contributed by atoms with Crippen LogP contribution in [-0.2, 0) is 4.79 Å². The van der Waals surface area contributed by atoms with Crippen molar-refractivity contribution >= 4 is 5.91 Å². The third kappa shape index (κ3) is 7.22. The van der Waals surface area contributed by atoms with E-state index in [0.29, 0.717) is 18.5 Å². The largest absolute Gasteiger partial charge is 0.351 e. The van der Waals surface area contributed by atoms with Crippen molar-refractivity contribution < 1.29 is 4.79 Å². The average Bonchev–Trinajstić information content (AvgIpc) is 2.30. The second-order valence-corrected chi connectivity index (χ2v) is 6.77. The summed E-state index contributed by atoms with van der Waals surface area (Å²) in [6, 6.07) is 0.557. The van der Waals surface area contributed by atoms with Gasteiger partial charge in [-0.1, -0.05) is 13.8 Å². The number of nitrogens with two attached hydrogens (primary N) is 1. The van der Waals surface area contributed by atoms with E-state index in [2.05, 4.69) is 29.0 Å². The zero-order valence-corrected chi connectivity index (χ0v) is 13.6. The second kappa shape index (κ2) is 8.60. The van der Waals surface area contributed by atoms with Gasteiger partial charge in [0.25, 0.3) is 0 Å². The molecule has 5 heteroatoms. The predicted octanol–water partition coefficient (Wildman–Crippen LogP) is 0.502. The molecule has 0 spiro atoms. The molecule has 3 N–H and O–H groups in total. The molecule has 1 aliphatic rings. The second-order valence-electron chi connectivity index (χ2n) is 6.77. The Hall–Kier alpha value is -0.650. The SMILES string of the molecule is CC(C)CC(CN(C)C)NC(=O)CN1CCC(N)CC1. The lowest BCUT2D eigenvalue weighted by Crippen LogP contribution is -2.48. The molecule has 1 rings (SSSR count). The van der Waals surface area contributed by atoms with Crippen molar-refractivity contribution in [2.45, 2.75) is 45.2 Å². The maximum absolute atomic E-state index is 12.2. The molecule has 1 saturated heterocycles. The fourth-order valence-corrected chi connectivity index (χ4v) is 2.78. The Kier molecular flexibility index (Phi) is 7.48. The molecule has 1 atom stereocenters. The van der Waals surface area contributed by atoms with Crippen molar-refractivity contribution in [3.8, 4) is 0 Å². The van der Waals surface area contributed by atoms with Gasteiger partial charge in [-0.25, -0.2) is 0 Å². The third-order valence-corrected chi connectivity index (χ3v) is 3.71. The van der Waals surface area contributed by atoms with Crippen LogP contribution in [0.25, 0.3) is 0 Å². The van der Waals surface area contributed by atoms with Gasteiger partial charge >= 0.3 is 0 Å². The molecule has 5 nitrogen and oxygen atoms in total. The van der Waals surface area contributed by atoms with Gasteiger partial charge in [-0.15, -0.1) is 0 Å². The summed E-state index contributed by atoms with van der Waals surface area (Å²) in [5.74, 6) is 0.737. The molecule has 0 aromatic carbocycles. The Morgan fingerprint density at radius 1 is 1.35 bits per heavy atom. The summed E-state index contributed by atoms with van der Waals surface area (Å²) >= 11 is 0. The summed E-state index contributed by atoms with van der Waals surface area (Å²) in [6.45, 7) is 7.68. The van der Waals surface area contributed by atoms with Gasteiger partial charge in [0.15, 0.2) is 0 Å². The van der Waals surface area contributed by atoms with Crippen LogP contribution in [0.4, 0.5) is 0 Å².